The Labute approximate surface area is 98.7 Å². The van der Waals surface area contributed by atoms with Crippen LogP contribution >= 0.6 is 11.6 Å². The van der Waals surface area contributed by atoms with Crippen molar-refractivity contribution in [3.05, 3.63) is 22.8 Å². The van der Waals surface area contributed by atoms with Crippen molar-refractivity contribution in [2.45, 2.75) is 19.9 Å². The zero-order valence-corrected chi connectivity index (χ0v) is 10.0. The van der Waals surface area contributed by atoms with E-state index in [9.17, 15) is 0 Å². The molecule has 1 aromatic heterocycles. The van der Waals surface area contributed by atoms with Crippen LogP contribution in [0.5, 0.6) is 5.75 Å². The highest BCUT2D eigenvalue weighted by Crippen LogP contribution is 2.36. The molecular formula is C11H14ClN3O. The first-order valence-electron chi connectivity index (χ1n) is 5.19. The standard InChI is InChI=1S/C11H14ClN3O/c1-3-16-11-7(6(2)13)4-9(12)8-5-14-15-10(8)11/h4-6H,3,13H2,1-2H3,(H,14,15). The van der Waals surface area contributed by atoms with Gasteiger partial charge in [0.05, 0.1) is 17.8 Å². The Morgan fingerprint density at radius 1 is 1.62 bits per heavy atom. The number of ether oxygens (including phenoxy) is 1. The number of H-pyrrole nitrogens is 1. The van der Waals surface area contributed by atoms with Gasteiger partial charge in [0, 0.05) is 17.0 Å². The summed E-state index contributed by atoms with van der Waals surface area (Å²) in [6, 6.07) is 1.71. The van der Waals surface area contributed by atoms with Crippen molar-refractivity contribution in [2.24, 2.45) is 5.73 Å². The number of hydrogen-bond donors (Lipinski definition) is 2. The van der Waals surface area contributed by atoms with Gasteiger partial charge in [-0.15, -0.1) is 0 Å². The number of nitrogens with two attached hydrogens (primary N) is 1. The number of fused-ring (bicyclic) bond motifs is 1. The van der Waals surface area contributed by atoms with E-state index in [0.29, 0.717) is 11.6 Å². The molecule has 2 aromatic rings. The highest BCUT2D eigenvalue weighted by molar-refractivity contribution is 6.35. The molecule has 0 fully saturated rings. The first kappa shape index (κ1) is 11.2. The molecule has 0 aliphatic heterocycles. The lowest BCUT2D eigenvalue weighted by molar-refractivity contribution is 0.338. The summed E-state index contributed by atoms with van der Waals surface area (Å²) in [5, 5.41) is 8.36. The third kappa shape index (κ3) is 1.74. The summed E-state index contributed by atoms with van der Waals surface area (Å²) in [5.74, 6) is 0.745. The lowest BCUT2D eigenvalue weighted by Crippen LogP contribution is -2.08. The van der Waals surface area contributed by atoms with Crippen molar-refractivity contribution < 1.29 is 4.74 Å². The first-order chi connectivity index (χ1) is 7.65. The Hall–Kier alpha value is -1.26. The summed E-state index contributed by atoms with van der Waals surface area (Å²) in [4.78, 5) is 0. The number of aromatic amines is 1. The molecule has 1 heterocycles. The van der Waals surface area contributed by atoms with E-state index in [0.717, 1.165) is 22.2 Å². The molecule has 0 saturated carbocycles. The van der Waals surface area contributed by atoms with Gasteiger partial charge in [-0.3, -0.25) is 5.10 Å². The van der Waals surface area contributed by atoms with Crippen molar-refractivity contribution in [1.82, 2.24) is 10.2 Å². The molecule has 86 valence electrons. The number of benzene rings is 1. The zero-order valence-electron chi connectivity index (χ0n) is 9.25. The predicted octanol–water partition coefficient (Wildman–Crippen LogP) is 2.63. The third-order valence-corrected chi connectivity index (χ3v) is 2.76. The van der Waals surface area contributed by atoms with Gasteiger partial charge in [0.2, 0.25) is 0 Å². The number of rotatable bonds is 3. The fraction of sp³-hybridized carbons (Fsp3) is 0.364. The minimum Gasteiger partial charge on any atom is -0.491 e. The number of nitrogens with one attached hydrogen (secondary N) is 1. The first-order valence-corrected chi connectivity index (χ1v) is 5.56. The molecule has 0 aliphatic rings. The highest BCUT2D eigenvalue weighted by atomic mass is 35.5. The summed E-state index contributed by atoms with van der Waals surface area (Å²) < 4.78 is 5.62. The predicted molar refractivity (Wildman–Crippen MR) is 64.9 cm³/mol. The van der Waals surface area contributed by atoms with Crippen LogP contribution in [-0.4, -0.2) is 16.8 Å². The number of nitrogens with zero attached hydrogens (tertiary/aromatic N) is 1. The molecule has 0 radical (unpaired) electrons. The number of hydrogen-bond acceptors (Lipinski definition) is 3. The van der Waals surface area contributed by atoms with Crippen molar-refractivity contribution in [3.8, 4) is 5.75 Å². The average molecular weight is 240 g/mol. The smallest absolute Gasteiger partial charge is 0.149 e. The molecule has 0 bridgehead atoms. The van der Waals surface area contributed by atoms with E-state index in [1.807, 2.05) is 19.9 Å². The molecule has 2 rings (SSSR count). The Morgan fingerprint density at radius 3 is 3.00 bits per heavy atom. The highest BCUT2D eigenvalue weighted by Gasteiger charge is 2.16. The Morgan fingerprint density at radius 2 is 2.38 bits per heavy atom. The Bertz CT molecular complexity index is 507. The van der Waals surface area contributed by atoms with E-state index in [2.05, 4.69) is 10.2 Å². The van der Waals surface area contributed by atoms with Gasteiger partial charge in [0.25, 0.3) is 0 Å². The maximum absolute atomic E-state index is 6.15. The van der Waals surface area contributed by atoms with E-state index in [4.69, 9.17) is 22.1 Å². The van der Waals surface area contributed by atoms with Crippen LogP contribution in [-0.2, 0) is 0 Å². The Balaban J connectivity index is 2.72. The average Bonchev–Trinajstić information content (AvgIpc) is 2.71. The topological polar surface area (TPSA) is 63.9 Å². The molecule has 5 heteroatoms. The van der Waals surface area contributed by atoms with Crippen LogP contribution in [0.4, 0.5) is 0 Å². The Kier molecular flexibility index (Phi) is 3.03. The van der Waals surface area contributed by atoms with Crippen LogP contribution < -0.4 is 10.5 Å². The molecule has 0 saturated heterocycles. The van der Waals surface area contributed by atoms with Crippen LogP contribution in [0.2, 0.25) is 5.02 Å². The quantitative estimate of drug-likeness (QED) is 0.866. The van der Waals surface area contributed by atoms with Gasteiger partial charge < -0.3 is 10.5 Å². The SMILES string of the molecule is CCOc1c(C(C)N)cc(Cl)c2cn[nH]c12. The second-order valence-electron chi connectivity index (χ2n) is 3.66. The van der Waals surface area contributed by atoms with Crippen LogP contribution in [0.15, 0.2) is 12.3 Å². The van der Waals surface area contributed by atoms with E-state index in [1.54, 1.807) is 6.20 Å². The summed E-state index contributed by atoms with van der Waals surface area (Å²) in [6.45, 7) is 4.41. The van der Waals surface area contributed by atoms with E-state index >= 15 is 0 Å². The third-order valence-electron chi connectivity index (χ3n) is 2.45. The summed E-state index contributed by atoms with van der Waals surface area (Å²) in [6.07, 6.45) is 1.69. The fourth-order valence-electron chi connectivity index (χ4n) is 1.70. The maximum Gasteiger partial charge on any atom is 0.149 e. The molecule has 0 spiro atoms. The van der Waals surface area contributed by atoms with Gasteiger partial charge in [-0.1, -0.05) is 11.6 Å². The molecular weight excluding hydrogens is 226 g/mol. The van der Waals surface area contributed by atoms with Gasteiger partial charge in [0.1, 0.15) is 11.3 Å². The van der Waals surface area contributed by atoms with E-state index in [1.165, 1.54) is 0 Å². The number of halogens is 1. The molecule has 0 aliphatic carbocycles. The van der Waals surface area contributed by atoms with Crippen molar-refractivity contribution >= 4 is 22.5 Å². The van der Waals surface area contributed by atoms with Crippen LogP contribution in [0.3, 0.4) is 0 Å². The molecule has 1 aromatic carbocycles. The van der Waals surface area contributed by atoms with E-state index < -0.39 is 0 Å². The lowest BCUT2D eigenvalue weighted by Gasteiger charge is -2.14. The summed E-state index contributed by atoms with van der Waals surface area (Å²) >= 11 is 6.15. The monoisotopic (exact) mass is 239 g/mol. The zero-order chi connectivity index (χ0) is 11.7. The van der Waals surface area contributed by atoms with Crippen LogP contribution in [0.25, 0.3) is 10.9 Å². The molecule has 0 amide bonds. The van der Waals surface area contributed by atoms with Gasteiger partial charge in [0.15, 0.2) is 0 Å². The van der Waals surface area contributed by atoms with Crippen molar-refractivity contribution in [2.75, 3.05) is 6.61 Å². The molecule has 1 unspecified atom stereocenters. The van der Waals surface area contributed by atoms with Crippen molar-refractivity contribution in [1.29, 1.82) is 0 Å². The lowest BCUT2D eigenvalue weighted by atomic mass is 10.1. The summed E-state index contributed by atoms with van der Waals surface area (Å²) in [7, 11) is 0. The number of aromatic nitrogens is 2. The maximum atomic E-state index is 6.15. The normalized spacial score (nSPS) is 13.0. The molecule has 1 atom stereocenters. The molecule has 3 N–H and O–H groups in total. The van der Waals surface area contributed by atoms with Crippen molar-refractivity contribution in [3.63, 3.8) is 0 Å². The van der Waals surface area contributed by atoms with Gasteiger partial charge in [-0.2, -0.15) is 5.10 Å². The largest absolute Gasteiger partial charge is 0.491 e. The second-order valence-corrected chi connectivity index (χ2v) is 4.06. The van der Waals surface area contributed by atoms with E-state index in [-0.39, 0.29) is 6.04 Å². The summed E-state index contributed by atoms with van der Waals surface area (Å²) in [5.41, 5.74) is 7.60. The molecule has 4 nitrogen and oxygen atoms in total. The fourth-order valence-corrected chi connectivity index (χ4v) is 1.96. The van der Waals surface area contributed by atoms with Gasteiger partial charge in [-0.05, 0) is 19.9 Å². The molecule has 16 heavy (non-hydrogen) atoms. The van der Waals surface area contributed by atoms with Gasteiger partial charge in [-0.25, -0.2) is 0 Å². The second kappa shape index (κ2) is 4.31. The van der Waals surface area contributed by atoms with Gasteiger partial charge >= 0.3 is 0 Å². The van der Waals surface area contributed by atoms with Crippen LogP contribution in [0.1, 0.15) is 25.5 Å². The minimum atomic E-state index is -0.133. The van der Waals surface area contributed by atoms with Crippen LogP contribution in [0, 0.1) is 0 Å². The minimum absolute atomic E-state index is 0.133.